The third-order valence-corrected chi connectivity index (χ3v) is 1.79. The summed E-state index contributed by atoms with van der Waals surface area (Å²) < 4.78 is 25.2. The Hall–Kier alpha value is -1.76. The van der Waals surface area contributed by atoms with E-state index in [1.54, 1.807) is 0 Å². The Balaban J connectivity index is 2.64. The van der Waals surface area contributed by atoms with Crippen molar-refractivity contribution >= 4 is 11.6 Å². The predicted octanol–water partition coefficient (Wildman–Crippen LogP) is 0.0212. The van der Waals surface area contributed by atoms with Crippen LogP contribution in [0.25, 0.3) is 0 Å². The molecule has 0 spiro atoms. The largest absolute Gasteiger partial charge is 0.397 e. The second kappa shape index (κ2) is 4.84. The fourth-order valence-corrected chi connectivity index (χ4v) is 0.957. The molecule has 0 aromatic carbocycles. The number of carbonyl (C=O) groups excluding carboxylic acids is 1. The summed E-state index contributed by atoms with van der Waals surface area (Å²) in [5.41, 5.74) is 5.42. The van der Waals surface area contributed by atoms with Crippen molar-refractivity contribution in [3.8, 4) is 0 Å². The summed E-state index contributed by atoms with van der Waals surface area (Å²) in [6.07, 6.45) is 1.33. The number of nitrogen functional groups attached to an aromatic ring is 1. The Labute approximate surface area is 90.3 Å². The topological polar surface area (TPSA) is 88.2 Å². The normalized spacial score (nSPS) is 11.2. The molecule has 1 aromatic rings. The summed E-state index contributed by atoms with van der Waals surface area (Å²) in [6, 6.07) is 2.96. The summed E-state index contributed by atoms with van der Waals surface area (Å²) in [7, 11) is 0. The zero-order chi connectivity index (χ0) is 12.2. The van der Waals surface area contributed by atoms with Crippen LogP contribution in [0.1, 0.15) is 10.5 Å². The van der Waals surface area contributed by atoms with Gasteiger partial charge in [-0.25, -0.2) is 13.8 Å². The van der Waals surface area contributed by atoms with Crippen molar-refractivity contribution in [1.82, 2.24) is 10.3 Å². The van der Waals surface area contributed by atoms with E-state index in [0.717, 1.165) is 0 Å². The van der Waals surface area contributed by atoms with Crippen LogP contribution in [0.3, 0.4) is 0 Å². The highest BCUT2D eigenvalue weighted by Crippen LogP contribution is 2.11. The molecule has 16 heavy (non-hydrogen) atoms. The molecule has 0 bridgehead atoms. The van der Waals surface area contributed by atoms with Crippen LogP contribution in [-0.2, 0) is 0 Å². The number of alkyl halides is 2. The first-order valence-corrected chi connectivity index (χ1v) is 4.43. The number of nitrogens with two attached hydrogens (primary N) is 1. The summed E-state index contributed by atoms with van der Waals surface area (Å²) in [4.78, 5) is 15.0. The van der Waals surface area contributed by atoms with Gasteiger partial charge in [0.25, 0.3) is 11.8 Å². The summed E-state index contributed by atoms with van der Waals surface area (Å²) in [5, 5.41) is 10.2. The van der Waals surface area contributed by atoms with Crippen molar-refractivity contribution in [3.05, 3.63) is 24.0 Å². The maximum absolute atomic E-state index is 12.6. The Morgan fingerprint density at radius 3 is 2.88 bits per heavy atom. The monoisotopic (exact) mass is 231 g/mol. The molecule has 1 aromatic heterocycles. The molecule has 0 atom stereocenters. The van der Waals surface area contributed by atoms with Gasteiger partial charge in [-0.1, -0.05) is 0 Å². The van der Waals surface area contributed by atoms with E-state index < -0.39 is 25.0 Å². The second-order valence-electron chi connectivity index (χ2n) is 3.14. The van der Waals surface area contributed by atoms with Gasteiger partial charge >= 0.3 is 0 Å². The molecular weight excluding hydrogens is 220 g/mol. The zero-order valence-electron chi connectivity index (χ0n) is 8.28. The Kier molecular flexibility index (Phi) is 3.73. The fraction of sp³-hybridized carbons (Fsp3) is 0.333. The van der Waals surface area contributed by atoms with Crippen LogP contribution in [0.2, 0.25) is 0 Å². The number of nitrogens with one attached hydrogen (secondary N) is 1. The maximum atomic E-state index is 12.6. The maximum Gasteiger partial charge on any atom is 0.287 e. The number of aliphatic hydroxyl groups is 1. The number of hydrogen-bond acceptors (Lipinski definition) is 4. The van der Waals surface area contributed by atoms with Crippen molar-refractivity contribution in [3.63, 3.8) is 0 Å². The Morgan fingerprint density at radius 1 is 1.62 bits per heavy atom. The molecule has 1 heterocycles. The molecule has 0 fully saturated rings. The van der Waals surface area contributed by atoms with E-state index >= 15 is 0 Å². The highest BCUT2D eigenvalue weighted by atomic mass is 19.3. The number of rotatable bonds is 4. The molecule has 7 heteroatoms. The van der Waals surface area contributed by atoms with Gasteiger partial charge in [-0.2, -0.15) is 0 Å². The second-order valence-corrected chi connectivity index (χ2v) is 3.14. The van der Waals surface area contributed by atoms with Crippen LogP contribution in [0, 0.1) is 0 Å². The molecule has 88 valence electrons. The van der Waals surface area contributed by atoms with Crippen molar-refractivity contribution < 1.29 is 18.7 Å². The van der Waals surface area contributed by atoms with E-state index in [1.807, 2.05) is 5.32 Å². The Bertz CT molecular complexity index is 385. The standard InChI is InChI=1S/C9H11F2N3O2/c10-9(11,5-15)4-14-8(16)7-6(12)2-1-3-13-7/h1-3,15H,4-5,12H2,(H,14,16). The van der Waals surface area contributed by atoms with E-state index in [1.165, 1.54) is 18.3 Å². The van der Waals surface area contributed by atoms with Crippen LogP contribution in [0.5, 0.6) is 0 Å². The van der Waals surface area contributed by atoms with Crippen LogP contribution >= 0.6 is 0 Å². The lowest BCUT2D eigenvalue weighted by Gasteiger charge is -2.13. The minimum absolute atomic E-state index is 0.104. The van der Waals surface area contributed by atoms with Crippen LogP contribution in [0.4, 0.5) is 14.5 Å². The minimum atomic E-state index is -3.35. The van der Waals surface area contributed by atoms with Crippen molar-refractivity contribution in [1.29, 1.82) is 0 Å². The van der Waals surface area contributed by atoms with Crippen molar-refractivity contribution in [2.75, 3.05) is 18.9 Å². The number of aliphatic hydroxyl groups excluding tert-OH is 1. The summed E-state index contributed by atoms with van der Waals surface area (Å²) >= 11 is 0. The number of amides is 1. The predicted molar refractivity (Wildman–Crippen MR) is 53.0 cm³/mol. The number of halogens is 2. The highest BCUT2D eigenvalue weighted by molar-refractivity contribution is 5.96. The molecule has 1 rings (SSSR count). The van der Waals surface area contributed by atoms with Gasteiger partial charge in [0, 0.05) is 6.20 Å². The average molecular weight is 231 g/mol. The quantitative estimate of drug-likeness (QED) is 0.681. The van der Waals surface area contributed by atoms with Gasteiger partial charge in [0.2, 0.25) is 0 Å². The molecule has 0 saturated carbocycles. The Morgan fingerprint density at radius 2 is 2.31 bits per heavy atom. The number of pyridine rings is 1. The molecule has 4 N–H and O–H groups in total. The van der Waals surface area contributed by atoms with Crippen molar-refractivity contribution in [2.24, 2.45) is 0 Å². The van der Waals surface area contributed by atoms with E-state index in [-0.39, 0.29) is 11.4 Å². The number of aromatic nitrogens is 1. The SMILES string of the molecule is Nc1cccnc1C(=O)NCC(F)(F)CO. The number of hydrogen-bond donors (Lipinski definition) is 3. The van der Waals surface area contributed by atoms with Gasteiger partial charge in [0.1, 0.15) is 6.61 Å². The van der Waals surface area contributed by atoms with Gasteiger partial charge in [0.05, 0.1) is 12.2 Å². The molecule has 0 aliphatic rings. The molecule has 0 radical (unpaired) electrons. The van der Waals surface area contributed by atoms with Crippen LogP contribution < -0.4 is 11.1 Å². The summed E-state index contributed by atoms with van der Waals surface area (Å²) in [6.45, 7) is -2.29. The molecule has 5 nitrogen and oxygen atoms in total. The van der Waals surface area contributed by atoms with Gasteiger partial charge < -0.3 is 16.2 Å². The van der Waals surface area contributed by atoms with E-state index in [9.17, 15) is 13.6 Å². The molecular formula is C9H11F2N3O2. The molecule has 1 amide bonds. The lowest BCUT2D eigenvalue weighted by molar-refractivity contribution is -0.0462. The molecule has 0 unspecified atom stereocenters. The molecule has 0 aliphatic carbocycles. The lowest BCUT2D eigenvalue weighted by atomic mass is 10.2. The fourth-order valence-electron chi connectivity index (χ4n) is 0.957. The first kappa shape index (κ1) is 12.3. The third kappa shape index (κ3) is 3.13. The first-order chi connectivity index (χ1) is 7.46. The zero-order valence-corrected chi connectivity index (χ0v) is 8.28. The van der Waals surface area contributed by atoms with Crippen molar-refractivity contribution in [2.45, 2.75) is 5.92 Å². The number of nitrogens with zero attached hydrogens (tertiary/aromatic N) is 1. The molecule has 0 aliphatic heterocycles. The summed E-state index contributed by atoms with van der Waals surface area (Å²) in [5.74, 6) is -4.15. The first-order valence-electron chi connectivity index (χ1n) is 4.43. The van der Waals surface area contributed by atoms with Gasteiger partial charge in [-0.3, -0.25) is 4.79 Å². The van der Waals surface area contributed by atoms with Gasteiger partial charge in [0.15, 0.2) is 5.69 Å². The lowest BCUT2D eigenvalue weighted by Crippen LogP contribution is -2.39. The smallest absolute Gasteiger partial charge is 0.287 e. The van der Waals surface area contributed by atoms with Gasteiger partial charge in [-0.15, -0.1) is 0 Å². The van der Waals surface area contributed by atoms with Crippen LogP contribution in [0.15, 0.2) is 18.3 Å². The highest BCUT2D eigenvalue weighted by Gasteiger charge is 2.28. The molecule has 0 saturated heterocycles. The third-order valence-electron chi connectivity index (χ3n) is 1.79. The van der Waals surface area contributed by atoms with Gasteiger partial charge in [-0.05, 0) is 12.1 Å². The van der Waals surface area contributed by atoms with E-state index in [0.29, 0.717) is 0 Å². The van der Waals surface area contributed by atoms with Crippen LogP contribution in [-0.4, -0.2) is 35.1 Å². The van der Waals surface area contributed by atoms with E-state index in [4.69, 9.17) is 10.8 Å². The average Bonchev–Trinajstić information content (AvgIpc) is 2.27. The number of carbonyl (C=O) groups is 1. The minimum Gasteiger partial charge on any atom is -0.397 e. The number of anilines is 1. The van der Waals surface area contributed by atoms with E-state index in [2.05, 4.69) is 4.98 Å².